The van der Waals surface area contributed by atoms with Crippen molar-refractivity contribution in [1.29, 1.82) is 5.26 Å². The fourth-order valence-corrected chi connectivity index (χ4v) is 5.23. The lowest BCUT2D eigenvalue weighted by Gasteiger charge is -2.19. The molecule has 1 saturated heterocycles. The highest BCUT2D eigenvalue weighted by molar-refractivity contribution is 8.05. The van der Waals surface area contributed by atoms with Gasteiger partial charge in [0.05, 0.1) is 12.4 Å². The van der Waals surface area contributed by atoms with Crippen LogP contribution in [0.4, 0.5) is 11.4 Å². The molecule has 0 bridgehead atoms. The zero-order valence-corrected chi connectivity index (χ0v) is 20.6. The number of aryl methyl sites for hydroxylation is 2. The highest BCUT2D eigenvalue weighted by Crippen LogP contribution is 2.42. The van der Waals surface area contributed by atoms with Gasteiger partial charge < -0.3 is 10.1 Å². The molecule has 0 radical (unpaired) electrons. The first-order valence-electron chi connectivity index (χ1n) is 11.1. The van der Waals surface area contributed by atoms with Crippen LogP contribution in [0.15, 0.2) is 83.4 Å². The van der Waals surface area contributed by atoms with Crippen LogP contribution in [0.1, 0.15) is 16.7 Å². The minimum atomic E-state index is -0.553. The lowest BCUT2D eigenvalue weighted by Crippen LogP contribution is -2.30. The molecule has 0 aromatic heterocycles. The van der Waals surface area contributed by atoms with Gasteiger partial charge in [0.2, 0.25) is 5.91 Å². The Morgan fingerprint density at radius 1 is 1.06 bits per heavy atom. The minimum absolute atomic E-state index is 0.104. The Labute approximate surface area is 209 Å². The van der Waals surface area contributed by atoms with Crippen molar-refractivity contribution in [3.8, 4) is 11.8 Å². The number of nitrogens with one attached hydrogen (secondary N) is 1. The van der Waals surface area contributed by atoms with Gasteiger partial charge in [-0.2, -0.15) is 5.26 Å². The normalized spacial score (nSPS) is 16.6. The summed E-state index contributed by atoms with van der Waals surface area (Å²) in [7, 11) is 1.57. The Bertz CT molecular complexity index is 1340. The summed E-state index contributed by atoms with van der Waals surface area (Å²) >= 11 is 1.25. The Morgan fingerprint density at radius 3 is 2.37 bits per heavy atom. The van der Waals surface area contributed by atoms with Crippen molar-refractivity contribution in [2.75, 3.05) is 17.3 Å². The second-order valence-corrected chi connectivity index (χ2v) is 9.48. The number of anilines is 2. The van der Waals surface area contributed by atoms with Crippen LogP contribution in [0.5, 0.6) is 5.75 Å². The average Bonchev–Trinajstić information content (AvgIpc) is 3.15. The van der Waals surface area contributed by atoms with E-state index < -0.39 is 11.2 Å². The second kappa shape index (κ2) is 10.5. The summed E-state index contributed by atoms with van der Waals surface area (Å²) in [5, 5.41) is 12.6. The predicted octanol–water partition coefficient (Wildman–Crippen LogP) is 5.38. The zero-order valence-electron chi connectivity index (χ0n) is 19.7. The van der Waals surface area contributed by atoms with Gasteiger partial charge in [0.25, 0.3) is 5.91 Å². The van der Waals surface area contributed by atoms with E-state index in [1.165, 1.54) is 16.7 Å². The molecule has 1 aliphatic rings. The number of rotatable bonds is 6. The predicted molar refractivity (Wildman–Crippen MR) is 139 cm³/mol. The van der Waals surface area contributed by atoms with Gasteiger partial charge in [-0.05, 0) is 67.8 Å². The van der Waals surface area contributed by atoms with E-state index >= 15 is 0 Å². The van der Waals surface area contributed by atoms with Gasteiger partial charge >= 0.3 is 0 Å². The van der Waals surface area contributed by atoms with Crippen molar-refractivity contribution in [3.05, 3.63) is 100 Å². The molecule has 4 rings (SSSR count). The van der Waals surface area contributed by atoms with Crippen molar-refractivity contribution in [2.45, 2.75) is 25.5 Å². The van der Waals surface area contributed by atoms with E-state index in [-0.39, 0.29) is 11.5 Å². The topological polar surface area (TPSA) is 82.4 Å². The van der Waals surface area contributed by atoms with Crippen molar-refractivity contribution >= 4 is 35.0 Å². The molecule has 3 aromatic rings. The van der Waals surface area contributed by atoms with Gasteiger partial charge in [0.1, 0.15) is 22.4 Å². The maximum absolute atomic E-state index is 13.6. The van der Waals surface area contributed by atoms with E-state index in [1.54, 1.807) is 37.4 Å². The fraction of sp³-hybridized carbons (Fsp3) is 0.179. The van der Waals surface area contributed by atoms with Crippen LogP contribution in [-0.2, 0) is 16.0 Å². The maximum atomic E-state index is 13.6. The van der Waals surface area contributed by atoms with Gasteiger partial charge in [-0.1, -0.05) is 53.7 Å². The summed E-state index contributed by atoms with van der Waals surface area (Å²) in [4.78, 5) is 28.2. The van der Waals surface area contributed by atoms with E-state index in [2.05, 4.69) is 5.32 Å². The first-order valence-corrected chi connectivity index (χ1v) is 12.0. The molecule has 1 N–H and O–H groups in total. The number of hydrogen-bond acceptors (Lipinski definition) is 5. The van der Waals surface area contributed by atoms with E-state index in [0.29, 0.717) is 28.6 Å². The molecule has 0 saturated carbocycles. The van der Waals surface area contributed by atoms with E-state index in [4.69, 9.17) is 4.74 Å². The number of carbonyl (C=O) groups is 2. The average molecular weight is 484 g/mol. The molecule has 2 amide bonds. The van der Waals surface area contributed by atoms with Gasteiger partial charge in [0.15, 0.2) is 0 Å². The highest BCUT2D eigenvalue weighted by Gasteiger charge is 2.40. The molecule has 1 fully saturated rings. The first kappa shape index (κ1) is 24.1. The third kappa shape index (κ3) is 5.39. The van der Waals surface area contributed by atoms with Crippen LogP contribution in [-0.4, -0.2) is 24.2 Å². The molecule has 7 heteroatoms. The van der Waals surface area contributed by atoms with E-state index in [1.807, 2.05) is 62.4 Å². The van der Waals surface area contributed by atoms with Crippen LogP contribution in [0.25, 0.3) is 0 Å². The molecule has 1 aliphatic heterocycles. The molecular formula is C28H25N3O3S. The summed E-state index contributed by atoms with van der Waals surface area (Å²) in [6.07, 6.45) is 0.486. The molecule has 1 unspecified atom stereocenters. The number of nitriles is 1. The summed E-state index contributed by atoms with van der Waals surface area (Å²) in [6, 6.07) is 24.4. The largest absolute Gasteiger partial charge is 0.497 e. The Hall–Kier alpha value is -4.02. The Kier molecular flexibility index (Phi) is 7.23. The first-order chi connectivity index (χ1) is 16.9. The lowest BCUT2D eigenvalue weighted by atomic mass is 10.1. The number of benzene rings is 3. The summed E-state index contributed by atoms with van der Waals surface area (Å²) < 4.78 is 5.24. The monoisotopic (exact) mass is 483 g/mol. The van der Waals surface area contributed by atoms with Crippen LogP contribution >= 0.6 is 11.8 Å². The van der Waals surface area contributed by atoms with Gasteiger partial charge in [-0.15, -0.1) is 0 Å². The number of ether oxygens (including phenoxy) is 1. The molecule has 1 heterocycles. The zero-order chi connectivity index (χ0) is 24.9. The molecular weight excluding hydrogens is 458 g/mol. The number of amides is 2. The fourth-order valence-electron chi connectivity index (χ4n) is 3.92. The van der Waals surface area contributed by atoms with E-state index in [9.17, 15) is 14.9 Å². The smallest absolute Gasteiger partial charge is 0.269 e. The van der Waals surface area contributed by atoms with Gasteiger partial charge in [0, 0.05) is 11.4 Å². The molecule has 3 aromatic carbocycles. The lowest BCUT2D eigenvalue weighted by molar-refractivity contribution is -0.117. The summed E-state index contributed by atoms with van der Waals surface area (Å²) in [6.45, 7) is 3.93. The molecule has 1 atom stereocenters. The highest BCUT2D eigenvalue weighted by atomic mass is 32.2. The molecule has 35 heavy (non-hydrogen) atoms. The number of methoxy groups -OCH3 is 1. The number of hydrogen-bond donors (Lipinski definition) is 1. The van der Waals surface area contributed by atoms with Crippen molar-refractivity contribution in [2.24, 2.45) is 0 Å². The quantitative estimate of drug-likeness (QED) is 0.376. The number of nitrogens with zero attached hydrogens (tertiary/aromatic N) is 2. The number of carbonyl (C=O) groups excluding carboxylic acids is 2. The van der Waals surface area contributed by atoms with Crippen molar-refractivity contribution in [3.63, 3.8) is 0 Å². The second-order valence-electron chi connectivity index (χ2n) is 8.29. The molecule has 176 valence electrons. The SMILES string of the molecule is COc1ccc(N2C(=O)C(Cc3cccc(C)c3)S/C2=C(/C#N)C(=O)Nc2cccc(C)c2)cc1. The molecule has 0 spiro atoms. The van der Waals surface area contributed by atoms with Crippen LogP contribution in [0.3, 0.4) is 0 Å². The molecule has 0 aliphatic carbocycles. The van der Waals surface area contributed by atoms with Crippen LogP contribution in [0.2, 0.25) is 0 Å². The standard InChI is InChI=1S/C28H25N3O3S/c1-18-6-4-8-20(14-18)16-25-27(33)31(22-10-12-23(34-3)13-11-22)28(35-25)24(17-29)26(32)30-21-9-5-7-19(2)15-21/h4-15,25H,16H2,1-3H3,(H,30,32)/b28-24-. The van der Waals surface area contributed by atoms with Gasteiger partial charge in [-0.3, -0.25) is 14.5 Å². The third-order valence-electron chi connectivity index (χ3n) is 5.62. The number of thioether (sulfide) groups is 1. The Balaban J connectivity index is 1.73. The van der Waals surface area contributed by atoms with Crippen LogP contribution in [0, 0.1) is 25.2 Å². The maximum Gasteiger partial charge on any atom is 0.269 e. The summed E-state index contributed by atoms with van der Waals surface area (Å²) in [5.74, 6) is -0.0801. The van der Waals surface area contributed by atoms with Crippen LogP contribution < -0.4 is 15.0 Å². The Morgan fingerprint density at radius 2 is 1.74 bits per heavy atom. The minimum Gasteiger partial charge on any atom is -0.497 e. The van der Waals surface area contributed by atoms with Gasteiger partial charge in [-0.25, -0.2) is 0 Å². The van der Waals surface area contributed by atoms with E-state index in [0.717, 1.165) is 16.7 Å². The van der Waals surface area contributed by atoms with Crippen molar-refractivity contribution < 1.29 is 14.3 Å². The third-order valence-corrected chi connectivity index (χ3v) is 6.88. The molecule has 6 nitrogen and oxygen atoms in total. The van der Waals surface area contributed by atoms with Crippen molar-refractivity contribution in [1.82, 2.24) is 0 Å². The summed E-state index contributed by atoms with van der Waals surface area (Å²) in [5.41, 5.74) is 4.17.